The van der Waals surface area contributed by atoms with Crippen molar-refractivity contribution >= 4 is 28.8 Å². The average molecular weight is 289 g/mol. The minimum atomic E-state index is -0.249. The van der Waals surface area contributed by atoms with E-state index in [0.717, 1.165) is 16.9 Å². The molecule has 0 atom stereocenters. The van der Waals surface area contributed by atoms with E-state index in [-0.39, 0.29) is 23.2 Å². The van der Waals surface area contributed by atoms with Crippen molar-refractivity contribution in [1.29, 1.82) is 0 Å². The van der Waals surface area contributed by atoms with Gasteiger partial charge in [0, 0.05) is 22.3 Å². The minimum Gasteiger partial charge on any atom is -0.346 e. The summed E-state index contributed by atoms with van der Waals surface area (Å²) in [7, 11) is 0. The monoisotopic (exact) mass is 289 g/mol. The lowest BCUT2D eigenvalue weighted by atomic mass is 10.1. The average Bonchev–Trinajstić information content (AvgIpc) is 2.99. The van der Waals surface area contributed by atoms with Crippen molar-refractivity contribution in [2.24, 2.45) is 0 Å². The van der Waals surface area contributed by atoms with E-state index in [1.54, 1.807) is 23.6 Å². The number of fused-ring (bicyclic) bond motifs is 1. The van der Waals surface area contributed by atoms with Gasteiger partial charge < -0.3 is 15.6 Å². The second-order valence-corrected chi connectivity index (χ2v) is 5.30. The van der Waals surface area contributed by atoms with Crippen LogP contribution in [0.1, 0.15) is 21.6 Å². The number of hydrogen-bond acceptors (Lipinski definition) is 4. The Hall–Kier alpha value is -2.41. The maximum Gasteiger partial charge on any atom is 0.304 e. The lowest BCUT2D eigenvalue weighted by Gasteiger charge is -2.05. The van der Waals surface area contributed by atoms with Crippen molar-refractivity contribution in [1.82, 2.24) is 10.3 Å². The van der Waals surface area contributed by atoms with Gasteiger partial charge in [-0.2, -0.15) is 0 Å². The van der Waals surface area contributed by atoms with Crippen LogP contribution in [0.5, 0.6) is 0 Å². The number of carbonyl (C=O) groups excluding carboxylic acids is 2. The van der Waals surface area contributed by atoms with Crippen LogP contribution in [0.2, 0.25) is 0 Å². The maximum atomic E-state index is 12.0. The zero-order valence-electron chi connectivity index (χ0n) is 10.4. The first-order valence-corrected chi connectivity index (χ1v) is 6.87. The predicted molar refractivity (Wildman–Crippen MR) is 74.9 cm³/mol. The van der Waals surface area contributed by atoms with Crippen molar-refractivity contribution in [3.05, 3.63) is 50.1 Å². The van der Waals surface area contributed by atoms with Gasteiger partial charge in [-0.05, 0) is 17.7 Å². The van der Waals surface area contributed by atoms with E-state index in [0.29, 0.717) is 23.4 Å². The SMILES string of the molecule is O=C1Cc2ccc(C(=O)NCc3csc(=O)[nH]3)cc2N1. The molecule has 0 saturated heterocycles. The van der Waals surface area contributed by atoms with Gasteiger partial charge in [-0.15, -0.1) is 0 Å². The van der Waals surface area contributed by atoms with E-state index in [2.05, 4.69) is 15.6 Å². The Morgan fingerprint density at radius 3 is 2.95 bits per heavy atom. The zero-order valence-corrected chi connectivity index (χ0v) is 11.2. The van der Waals surface area contributed by atoms with Crippen LogP contribution < -0.4 is 15.5 Å². The third-order valence-electron chi connectivity index (χ3n) is 3.01. The molecular weight excluding hydrogens is 278 g/mol. The molecule has 6 nitrogen and oxygen atoms in total. The third kappa shape index (κ3) is 2.48. The summed E-state index contributed by atoms with van der Waals surface area (Å²) < 4.78 is 0. The normalized spacial score (nSPS) is 12.9. The Kier molecular flexibility index (Phi) is 3.11. The van der Waals surface area contributed by atoms with Crippen LogP contribution in [-0.4, -0.2) is 16.8 Å². The number of benzene rings is 1. The van der Waals surface area contributed by atoms with Gasteiger partial charge in [0.05, 0.1) is 13.0 Å². The summed E-state index contributed by atoms with van der Waals surface area (Å²) in [6.45, 7) is 0.265. The Morgan fingerprint density at radius 1 is 1.35 bits per heavy atom. The Labute approximate surface area is 117 Å². The summed E-state index contributed by atoms with van der Waals surface area (Å²) >= 11 is 1.06. The number of thiazole rings is 1. The molecule has 7 heteroatoms. The molecule has 1 aliphatic heterocycles. The first kappa shape index (κ1) is 12.6. The van der Waals surface area contributed by atoms with Crippen molar-refractivity contribution in [2.45, 2.75) is 13.0 Å². The number of hydrogen-bond donors (Lipinski definition) is 3. The molecular formula is C13H11N3O3S. The first-order chi connectivity index (χ1) is 9.61. The maximum absolute atomic E-state index is 12.0. The fourth-order valence-corrected chi connectivity index (χ4v) is 2.62. The number of aromatic nitrogens is 1. The van der Waals surface area contributed by atoms with Gasteiger partial charge in [-0.1, -0.05) is 17.4 Å². The summed E-state index contributed by atoms with van der Waals surface area (Å²) in [5, 5.41) is 7.09. The van der Waals surface area contributed by atoms with Crippen LogP contribution in [0.3, 0.4) is 0 Å². The summed E-state index contributed by atoms with van der Waals surface area (Å²) in [5.41, 5.74) is 2.73. The third-order valence-corrected chi connectivity index (χ3v) is 3.73. The quantitative estimate of drug-likeness (QED) is 0.782. The van der Waals surface area contributed by atoms with E-state index in [9.17, 15) is 14.4 Å². The van der Waals surface area contributed by atoms with Crippen LogP contribution in [-0.2, 0) is 17.8 Å². The molecule has 0 spiro atoms. The van der Waals surface area contributed by atoms with E-state index in [1.165, 1.54) is 0 Å². The molecule has 0 aliphatic carbocycles. The molecule has 1 aromatic carbocycles. The molecule has 0 saturated carbocycles. The molecule has 3 N–H and O–H groups in total. The standard InChI is InChI=1S/C13H11N3O3S/c17-11-4-7-1-2-8(3-10(7)16-11)12(18)14-5-9-6-20-13(19)15-9/h1-3,6H,4-5H2,(H,14,18)(H,15,19)(H,16,17). The molecule has 2 heterocycles. The van der Waals surface area contributed by atoms with Crippen LogP contribution in [0.15, 0.2) is 28.4 Å². The lowest BCUT2D eigenvalue weighted by Crippen LogP contribution is -2.23. The highest BCUT2D eigenvalue weighted by Crippen LogP contribution is 2.23. The lowest BCUT2D eigenvalue weighted by molar-refractivity contribution is -0.115. The summed E-state index contributed by atoms with van der Waals surface area (Å²) in [6.07, 6.45) is 0.355. The van der Waals surface area contributed by atoms with Gasteiger partial charge in [0.25, 0.3) is 5.91 Å². The fraction of sp³-hybridized carbons (Fsp3) is 0.154. The predicted octanol–water partition coefficient (Wildman–Crippen LogP) is 0.861. The topological polar surface area (TPSA) is 91.1 Å². The second kappa shape index (κ2) is 4.93. The van der Waals surface area contributed by atoms with Crippen LogP contribution in [0.4, 0.5) is 5.69 Å². The molecule has 0 unspecified atom stereocenters. The molecule has 1 aliphatic rings. The highest BCUT2D eigenvalue weighted by atomic mass is 32.1. The number of anilines is 1. The van der Waals surface area contributed by atoms with Gasteiger partial charge in [-0.3, -0.25) is 14.4 Å². The van der Waals surface area contributed by atoms with Gasteiger partial charge in [0.2, 0.25) is 5.91 Å². The van der Waals surface area contributed by atoms with E-state index in [1.807, 2.05) is 0 Å². The summed E-state index contributed by atoms with van der Waals surface area (Å²) in [5.74, 6) is -0.311. The number of amides is 2. The van der Waals surface area contributed by atoms with Crippen molar-refractivity contribution < 1.29 is 9.59 Å². The van der Waals surface area contributed by atoms with E-state index in [4.69, 9.17) is 0 Å². The number of nitrogens with one attached hydrogen (secondary N) is 3. The van der Waals surface area contributed by atoms with Gasteiger partial charge in [0.15, 0.2) is 0 Å². The molecule has 2 aromatic rings. The summed E-state index contributed by atoms with van der Waals surface area (Å²) in [6, 6.07) is 5.12. The Morgan fingerprint density at radius 2 is 2.20 bits per heavy atom. The molecule has 0 fully saturated rings. The van der Waals surface area contributed by atoms with Gasteiger partial charge in [0.1, 0.15) is 0 Å². The largest absolute Gasteiger partial charge is 0.346 e. The van der Waals surface area contributed by atoms with Gasteiger partial charge in [-0.25, -0.2) is 0 Å². The Balaban J connectivity index is 1.70. The molecule has 20 heavy (non-hydrogen) atoms. The molecule has 1 aromatic heterocycles. The highest BCUT2D eigenvalue weighted by molar-refractivity contribution is 7.07. The van der Waals surface area contributed by atoms with E-state index >= 15 is 0 Å². The number of rotatable bonds is 3. The molecule has 102 valence electrons. The molecule has 0 radical (unpaired) electrons. The van der Waals surface area contributed by atoms with E-state index < -0.39 is 0 Å². The molecule has 0 bridgehead atoms. The van der Waals surface area contributed by atoms with Gasteiger partial charge >= 0.3 is 4.87 Å². The van der Waals surface area contributed by atoms with Crippen molar-refractivity contribution in [2.75, 3.05) is 5.32 Å². The highest BCUT2D eigenvalue weighted by Gasteiger charge is 2.18. The fourth-order valence-electron chi connectivity index (χ4n) is 2.03. The minimum absolute atomic E-state index is 0.0617. The van der Waals surface area contributed by atoms with Crippen molar-refractivity contribution in [3.8, 4) is 0 Å². The second-order valence-electron chi connectivity index (χ2n) is 4.45. The van der Waals surface area contributed by atoms with Crippen LogP contribution >= 0.6 is 11.3 Å². The number of carbonyl (C=O) groups is 2. The van der Waals surface area contributed by atoms with Crippen LogP contribution in [0, 0.1) is 0 Å². The number of aromatic amines is 1. The van der Waals surface area contributed by atoms with Crippen LogP contribution in [0.25, 0.3) is 0 Å². The molecule has 2 amide bonds. The molecule has 3 rings (SSSR count). The first-order valence-electron chi connectivity index (χ1n) is 5.99. The van der Waals surface area contributed by atoms with Crippen molar-refractivity contribution in [3.63, 3.8) is 0 Å². The zero-order chi connectivity index (χ0) is 14.1. The summed E-state index contributed by atoms with van der Waals surface area (Å²) in [4.78, 5) is 36.7. The smallest absolute Gasteiger partial charge is 0.304 e. The number of H-pyrrole nitrogens is 1. The Bertz CT molecular complexity index is 747.